The van der Waals surface area contributed by atoms with Gasteiger partial charge in [0, 0.05) is 22.8 Å². The second-order valence-corrected chi connectivity index (χ2v) is 5.78. The zero-order chi connectivity index (χ0) is 13.5. The summed E-state index contributed by atoms with van der Waals surface area (Å²) in [6.07, 6.45) is 1.74. The summed E-state index contributed by atoms with van der Waals surface area (Å²) >= 11 is 1.89. The molecular formula is C15H22N2OS. The van der Waals surface area contributed by atoms with Crippen LogP contribution in [0.15, 0.2) is 34.9 Å². The third kappa shape index (κ3) is 4.49. The molecule has 2 aromatic heterocycles. The van der Waals surface area contributed by atoms with Crippen LogP contribution in [0.2, 0.25) is 0 Å². The lowest BCUT2D eigenvalue weighted by Gasteiger charge is -2.17. The van der Waals surface area contributed by atoms with Gasteiger partial charge in [-0.1, -0.05) is 13.8 Å². The average Bonchev–Trinajstić information content (AvgIpc) is 3.07. The quantitative estimate of drug-likeness (QED) is 0.801. The lowest BCUT2D eigenvalue weighted by Crippen LogP contribution is -2.21. The van der Waals surface area contributed by atoms with Gasteiger partial charge in [0.15, 0.2) is 0 Å². The van der Waals surface area contributed by atoms with Crippen LogP contribution in [0.1, 0.15) is 29.4 Å². The first kappa shape index (κ1) is 14.3. The molecule has 0 bridgehead atoms. The highest BCUT2D eigenvalue weighted by Crippen LogP contribution is 2.19. The molecule has 0 aromatic carbocycles. The van der Waals surface area contributed by atoms with Crippen LogP contribution in [0.3, 0.4) is 0 Å². The van der Waals surface area contributed by atoms with E-state index in [4.69, 9.17) is 4.42 Å². The van der Waals surface area contributed by atoms with E-state index in [0.29, 0.717) is 0 Å². The summed E-state index contributed by atoms with van der Waals surface area (Å²) in [5, 5.41) is 3.36. The molecule has 0 atom stereocenters. The highest BCUT2D eigenvalue weighted by Gasteiger charge is 2.08. The minimum Gasteiger partial charge on any atom is -0.468 e. The van der Waals surface area contributed by atoms with Crippen molar-refractivity contribution in [2.45, 2.75) is 33.5 Å². The largest absolute Gasteiger partial charge is 0.468 e. The Hall–Kier alpha value is -1.10. The summed E-state index contributed by atoms with van der Waals surface area (Å²) in [6.45, 7) is 9.23. The minimum absolute atomic E-state index is 0.879. The third-order valence-electron chi connectivity index (χ3n) is 3.05. The Bertz CT molecular complexity index is 464. The highest BCUT2D eigenvalue weighted by molar-refractivity contribution is 7.11. The molecule has 0 aliphatic heterocycles. The molecule has 0 unspecified atom stereocenters. The molecule has 0 aliphatic carbocycles. The van der Waals surface area contributed by atoms with Gasteiger partial charge in [0.2, 0.25) is 0 Å². The minimum atomic E-state index is 0.879. The van der Waals surface area contributed by atoms with E-state index in [0.717, 1.165) is 38.5 Å². The van der Waals surface area contributed by atoms with Gasteiger partial charge in [-0.25, -0.2) is 0 Å². The van der Waals surface area contributed by atoms with Gasteiger partial charge in [-0.05, 0) is 37.4 Å². The number of furan rings is 1. The Balaban J connectivity index is 1.88. The molecule has 19 heavy (non-hydrogen) atoms. The molecule has 2 aromatic rings. The normalized spacial score (nSPS) is 11.3. The molecule has 0 radical (unpaired) electrons. The Morgan fingerprint density at radius 1 is 1.16 bits per heavy atom. The number of hydrogen-bond donors (Lipinski definition) is 1. The fourth-order valence-corrected chi connectivity index (χ4v) is 3.00. The van der Waals surface area contributed by atoms with E-state index in [2.05, 4.69) is 36.2 Å². The van der Waals surface area contributed by atoms with Gasteiger partial charge in [-0.15, -0.1) is 11.3 Å². The van der Waals surface area contributed by atoms with E-state index in [1.165, 1.54) is 9.75 Å². The second-order valence-electron chi connectivity index (χ2n) is 4.53. The van der Waals surface area contributed by atoms with Crippen LogP contribution < -0.4 is 5.32 Å². The fraction of sp³-hybridized carbons (Fsp3) is 0.467. The topological polar surface area (TPSA) is 28.4 Å². The maximum Gasteiger partial charge on any atom is 0.117 e. The number of nitrogens with one attached hydrogen (secondary N) is 1. The smallest absolute Gasteiger partial charge is 0.117 e. The van der Waals surface area contributed by atoms with E-state index in [-0.39, 0.29) is 0 Å². The van der Waals surface area contributed by atoms with Crippen molar-refractivity contribution in [1.29, 1.82) is 0 Å². The van der Waals surface area contributed by atoms with Gasteiger partial charge < -0.3 is 9.73 Å². The van der Waals surface area contributed by atoms with Crippen LogP contribution in [-0.2, 0) is 19.6 Å². The molecule has 0 fully saturated rings. The first-order chi connectivity index (χ1) is 9.31. The number of nitrogens with zero attached hydrogens (tertiary/aromatic N) is 1. The predicted molar refractivity (Wildman–Crippen MR) is 80.2 cm³/mol. The summed E-state index contributed by atoms with van der Waals surface area (Å²) in [6, 6.07) is 8.45. The lowest BCUT2D eigenvalue weighted by molar-refractivity contribution is 0.250. The summed E-state index contributed by atoms with van der Waals surface area (Å²) < 4.78 is 5.41. The van der Waals surface area contributed by atoms with Gasteiger partial charge >= 0.3 is 0 Å². The van der Waals surface area contributed by atoms with E-state index in [9.17, 15) is 0 Å². The van der Waals surface area contributed by atoms with Crippen molar-refractivity contribution in [3.63, 3.8) is 0 Å². The second kappa shape index (κ2) is 7.48. The summed E-state index contributed by atoms with van der Waals surface area (Å²) in [5.41, 5.74) is 0. The zero-order valence-corrected chi connectivity index (χ0v) is 12.5. The fourth-order valence-electron chi connectivity index (χ4n) is 1.97. The average molecular weight is 278 g/mol. The zero-order valence-electron chi connectivity index (χ0n) is 11.7. The molecule has 2 rings (SSSR count). The number of hydrogen-bond acceptors (Lipinski definition) is 4. The predicted octanol–water partition coefficient (Wildman–Crippen LogP) is 3.47. The van der Waals surface area contributed by atoms with Crippen LogP contribution in [0.4, 0.5) is 0 Å². The molecule has 104 valence electrons. The van der Waals surface area contributed by atoms with E-state index < -0.39 is 0 Å². The van der Waals surface area contributed by atoms with Crippen molar-refractivity contribution in [3.8, 4) is 0 Å². The Kier molecular flexibility index (Phi) is 5.63. The number of rotatable bonds is 8. The highest BCUT2D eigenvalue weighted by atomic mass is 32.1. The van der Waals surface area contributed by atoms with Gasteiger partial charge in [0.1, 0.15) is 5.76 Å². The number of thiophene rings is 1. The molecule has 0 aliphatic rings. The Labute approximate surface area is 119 Å². The molecule has 3 nitrogen and oxygen atoms in total. The molecular weight excluding hydrogens is 256 g/mol. The molecule has 2 heterocycles. The molecule has 0 saturated carbocycles. The summed E-state index contributed by atoms with van der Waals surface area (Å²) in [4.78, 5) is 5.22. The van der Waals surface area contributed by atoms with E-state index in [1.807, 2.05) is 23.5 Å². The maximum absolute atomic E-state index is 5.41. The van der Waals surface area contributed by atoms with Crippen LogP contribution in [0, 0.1) is 0 Å². The molecule has 0 spiro atoms. The summed E-state index contributed by atoms with van der Waals surface area (Å²) in [5.74, 6) is 1.03. The van der Waals surface area contributed by atoms with Gasteiger partial charge in [-0.2, -0.15) is 0 Å². The third-order valence-corrected chi connectivity index (χ3v) is 4.12. The lowest BCUT2D eigenvalue weighted by atomic mass is 10.3. The van der Waals surface area contributed by atoms with Gasteiger partial charge in [0.25, 0.3) is 0 Å². The van der Waals surface area contributed by atoms with Crippen LogP contribution in [-0.4, -0.2) is 18.0 Å². The van der Waals surface area contributed by atoms with Crippen molar-refractivity contribution in [1.82, 2.24) is 10.2 Å². The molecule has 1 N–H and O–H groups in total. The SMILES string of the molecule is CCNCc1ccc(CN(CC)Cc2ccco2)s1. The summed E-state index contributed by atoms with van der Waals surface area (Å²) in [7, 11) is 0. The molecule has 0 amide bonds. The van der Waals surface area contributed by atoms with Crippen molar-refractivity contribution in [2.75, 3.05) is 13.1 Å². The monoisotopic (exact) mass is 278 g/mol. The Morgan fingerprint density at radius 3 is 2.68 bits per heavy atom. The van der Waals surface area contributed by atoms with Crippen molar-refractivity contribution < 1.29 is 4.42 Å². The first-order valence-electron chi connectivity index (χ1n) is 6.84. The maximum atomic E-state index is 5.41. The van der Waals surface area contributed by atoms with Crippen LogP contribution in [0.5, 0.6) is 0 Å². The standard InChI is InChI=1S/C15H22N2OS/c1-3-16-10-14-7-8-15(19-14)12-17(4-2)11-13-6-5-9-18-13/h5-9,16H,3-4,10-12H2,1-2H3. The van der Waals surface area contributed by atoms with Gasteiger partial charge in [0.05, 0.1) is 12.8 Å². The van der Waals surface area contributed by atoms with E-state index in [1.54, 1.807) is 6.26 Å². The van der Waals surface area contributed by atoms with Crippen LogP contribution >= 0.6 is 11.3 Å². The molecule has 4 heteroatoms. The van der Waals surface area contributed by atoms with Crippen molar-refractivity contribution >= 4 is 11.3 Å². The van der Waals surface area contributed by atoms with Crippen molar-refractivity contribution in [2.24, 2.45) is 0 Å². The Morgan fingerprint density at radius 2 is 2.00 bits per heavy atom. The van der Waals surface area contributed by atoms with Crippen molar-refractivity contribution in [3.05, 3.63) is 46.0 Å². The molecule has 0 saturated heterocycles. The van der Waals surface area contributed by atoms with E-state index >= 15 is 0 Å². The van der Waals surface area contributed by atoms with Gasteiger partial charge in [-0.3, -0.25) is 4.90 Å². The first-order valence-corrected chi connectivity index (χ1v) is 7.66. The van der Waals surface area contributed by atoms with Crippen LogP contribution in [0.25, 0.3) is 0 Å².